The van der Waals surface area contributed by atoms with E-state index in [9.17, 15) is 19.5 Å². The number of ether oxygens (including phenoxy) is 2. The van der Waals surface area contributed by atoms with Crippen LogP contribution in [0.1, 0.15) is 65.4 Å². The Morgan fingerprint density at radius 2 is 1.93 bits per heavy atom. The third-order valence-corrected chi connectivity index (χ3v) is 9.51. The third kappa shape index (κ3) is 5.68. The van der Waals surface area contributed by atoms with Crippen LogP contribution in [0, 0.1) is 23.7 Å². The lowest BCUT2D eigenvalue weighted by Crippen LogP contribution is -2.59. The summed E-state index contributed by atoms with van der Waals surface area (Å²) in [7, 11) is 0. The van der Waals surface area contributed by atoms with Crippen LogP contribution in [0.15, 0.2) is 55.6 Å². The molecule has 8 nitrogen and oxygen atoms in total. The molecule has 2 amide bonds. The Hall–Kier alpha value is -2.97. The van der Waals surface area contributed by atoms with Gasteiger partial charge in [0.2, 0.25) is 11.8 Å². The van der Waals surface area contributed by atoms with Gasteiger partial charge in [-0.1, -0.05) is 63.3 Å². The van der Waals surface area contributed by atoms with Gasteiger partial charge >= 0.3 is 5.97 Å². The number of aliphatic hydroxyl groups is 1. The maximum Gasteiger partial charge on any atom is 0.312 e. The number of carbonyl (C=O) groups is 3. The van der Waals surface area contributed by atoms with E-state index in [1.807, 2.05) is 64.1 Å². The topological polar surface area (TPSA) is 96.4 Å². The average Bonchev–Trinajstić information content (AvgIpc) is 3.48. The molecule has 1 aromatic carbocycles. The first-order valence-corrected chi connectivity index (χ1v) is 15.4. The number of allylic oxidation sites excluding steroid dienone is 1. The number of likely N-dealkylation sites (tertiary alicyclic amines) is 1. The van der Waals surface area contributed by atoms with E-state index in [4.69, 9.17) is 9.47 Å². The van der Waals surface area contributed by atoms with Gasteiger partial charge in [0.15, 0.2) is 0 Å². The van der Waals surface area contributed by atoms with E-state index in [1.165, 1.54) is 0 Å². The summed E-state index contributed by atoms with van der Waals surface area (Å²) in [5, 5.41) is 10.6. The monoisotopic (exact) mass is 580 g/mol. The van der Waals surface area contributed by atoms with E-state index >= 15 is 0 Å². The number of fused-ring (bicyclic) bond motifs is 1. The van der Waals surface area contributed by atoms with Crippen molar-refractivity contribution in [3.63, 3.8) is 0 Å². The van der Waals surface area contributed by atoms with Gasteiger partial charge in [0.25, 0.3) is 0 Å². The molecule has 3 unspecified atom stereocenters. The van der Waals surface area contributed by atoms with Crippen LogP contribution in [-0.4, -0.2) is 75.7 Å². The molecule has 0 radical (unpaired) electrons. The SMILES string of the molecule is C=CCCCCOC(=O)[C@@H]1[C@H]2C(=O)N([C@@H](CO)CC(C)C)C(C(=O)N(CC=C)Cc3ccccc3)C23CC(C)[C@@]1(C)O3. The van der Waals surface area contributed by atoms with Crippen LogP contribution in [0.5, 0.6) is 0 Å². The number of esters is 1. The predicted octanol–water partition coefficient (Wildman–Crippen LogP) is 4.52. The zero-order chi connectivity index (χ0) is 30.7. The molecule has 42 heavy (non-hydrogen) atoms. The zero-order valence-electron chi connectivity index (χ0n) is 25.7. The minimum Gasteiger partial charge on any atom is -0.465 e. The van der Waals surface area contributed by atoms with Crippen molar-refractivity contribution >= 4 is 17.8 Å². The van der Waals surface area contributed by atoms with Crippen LogP contribution >= 0.6 is 0 Å². The average molecular weight is 581 g/mol. The number of amides is 2. The van der Waals surface area contributed by atoms with Crippen LogP contribution in [-0.2, 0) is 30.4 Å². The molecule has 0 aromatic heterocycles. The molecule has 3 heterocycles. The Kier molecular flexibility index (Phi) is 9.99. The Morgan fingerprint density at radius 1 is 1.21 bits per heavy atom. The van der Waals surface area contributed by atoms with Crippen LogP contribution in [0.3, 0.4) is 0 Å². The first-order valence-electron chi connectivity index (χ1n) is 15.4. The van der Waals surface area contributed by atoms with E-state index in [0.717, 1.165) is 18.4 Å². The van der Waals surface area contributed by atoms with Gasteiger partial charge in [-0.3, -0.25) is 14.4 Å². The lowest BCUT2D eigenvalue weighted by atomic mass is 9.62. The highest BCUT2D eigenvalue weighted by Gasteiger charge is 2.80. The molecular weight excluding hydrogens is 532 g/mol. The molecule has 1 spiro atoms. The Bertz CT molecular complexity index is 1150. The number of unbranched alkanes of at least 4 members (excludes halogenated alkanes) is 2. The molecule has 3 fully saturated rings. The van der Waals surface area contributed by atoms with Crippen LogP contribution in [0.2, 0.25) is 0 Å². The second-order valence-electron chi connectivity index (χ2n) is 12.9. The summed E-state index contributed by atoms with van der Waals surface area (Å²) >= 11 is 0. The van der Waals surface area contributed by atoms with E-state index < -0.39 is 41.1 Å². The quantitative estimate of drug-likeness (QED) is 0.186. The Morgan fingerprint density at radius 3 is 2.55 bits per heavy atom. The predicted molar refractivity (Wildman–Crippen MR) is 161 cm³/mol. The van der Waals surface area contributed by atoms with Gasteiger partial charge < -0.3 is 24.4 Å². The number of aliphatic hydroxyl groups excluding tert-OH is 1. The van der Waals surface area contributed by atoms with E-state index in [0.29, 0.717) is 25.8 Å². The minimum absolute atomic E-state index is 0.0882. The van der Waals surface area contributed by atoms with Crippen LogP contribution in [0.4, 0.5) is 0 Å². The maximum atomic E-state index is 14.7. The summed E-state index contributed by atoms with van der Waals surface area (Å²) in [4.78, 5) is 46.2. The lowest BCUT2D eigenvalue weighted by molar-refractivity contribution is -0.164. The van der Waals surface area contributed by atoms with Gasteiger partial charge in [-0.15, -0.1) is 13.2 Å². The van der Waals surface area contributed by atoms with Gasteiger partial charge in [-0.2, -0.15) is 0 Å². The van der Waals surface area contributed by atoms with Crippen molar-refractivity contribution in [3.05, 3.63) is 61.2 Å². The zero-order valence-corrected chi connectivity index (χ0v) is 25.7. The fourth-order valence-corrected chi connectivity index (χ4v) is 7.55. The second-order valence-corrected chi connectivity index (χ2v) is 12.9. The highest BCUT2D eigenvalue weighted by Crippen LogP contribution is 2.65. The summed E-state index contributed by atoms with van der Waals surface area (Å²) in [5.41, 5.74) is -1.19. The number of rotatable bonds is 15. The minimum atomic E-state index is -1.20. The van der Waals surface area contributed by atoms with Crippen molar-refractivity contribution in [1.29, 1.82) is 0 Å². The van der Waals surface area contributed by atoms with Gasteiger partial charge in [-0.25, -0.2) is 0 Å². The molecule has 7 atom stereocenters. The van der Waals surface area contributed by atoms with Gasteiger partial charge in [0, 0.05) is 13.1 Å². The van der Waals surface area contributed by atoms with Crippen molar-refractivity contribution < 1.29 is 29.0 Å². The molecule has 3 aliphatic rings. The van der Waals surface area contributed by atoms with Crippen molar-refractivity contribution in [2.24, 2.45) is 23.7 Å². The third-order valence-electron chi connectivity index (χ3n) is 9.51. The molecule has 1 aromatic rings. The summed E-state index contributed by atoms with van der Waals surface area (Å²) in [5.74, 6) is -2.64. The molecule has 4 rings (SSSR count). The van der Waals surface area contributed by atoms with Crippen molar-refractivity contribution in [2.45, 2.75) is 89.6 Å². The smallest absolute Gasteiger partial charge is 0.312 e. The highest BCUT2D eigenvalue weighted by molar-refractivity contribution is 5.98. The van der Waals surface area contributed by atoms with Gasteiger partial charge in [-0.05, 0) is 56.4 Å². The number of benzene rings is 1. The Balaban J connectivity index is 1.75. The summed E-state index contributed by atoms with van der Waals surface area (Å²) in [6, 6.07) is 8.12. The fourth-order valence-electron chi connectivity index (χ4n) is 7.55. The second kappa shape index (κ2) is 13.1. The van der Waals surface area contributed by atoms with Crippen molar-refractivity contribution in [3.8, 4) is 0 Å². The number of hydrogen-bond donors (Lipinski definition) is 1. The standard InChI is InChI=1S/C34H48N2O6/c1-7-9-10-14-18-41-32(40)28-27-30(38)36(26(22-37)19-23(3)4)29(34(27)20-24(5)33(28,6)42-34)31(39)35(17-8-2)21-25-15-12-11-13-16-25/h7-8,11-13,15-16,23-24,26-29,37H,1-2,9-10,14,17-22H2,3-6H3/t24?,26-,27+,28+,29?,33-,34?/m1/s1. The Labute approximate surface area is 250 Å². The normalized spacial score (nSPS) is 30.3. The molecule has 3 aliphatic heterocycles. The summed E-state index contributed by atoms with van der Waals surface area (Å²) < 4.78 is 12.6. The number of carbonyl (C=O) groups excluding carboxylic acids is 3. The van der Waals surface area contributed by atoms with Crippen molar-refractivity contribution in [1.82, 2.24) is 9.80 Å². The number of hydrogen-bond acceptors (Lipinski definition) is 6. The lowest BCUT2D eigenvalue weighted by Gasteiger charge is -2.40. The summed E-state index contributed by atoms with van der Waals surface area (Å²) in [6.07, 6.45) is 6.89. The van der Waals surface area contributed by atoms with Gasteiger partial charge in [0.05, 0.1) is 30.8 Å². The van der Waals surface area contributed by atoms with E-state index in [2.05, 4.69) is 13.2 Å². The van der Waals surface area contributed by atoms with Crippen LogP contribution in [0.25, 0.3) is 0 Å². The highest BCUT2D eigenvalue weighted by atomic mass is 16.6. The molecule has 2 bridgehead atoms. The largest absolute Gasteiger partial charge is 0.465 e. The maximum absolute atomic E-state index is 14.7. The molecule has 0 saturated carbocycles. The molecule has 3 saturated heterocycles. The van der Waals surface area contributed by atoms with Crippen molar-refractivity contribution in [2.75, 3.05) is 19.8 Å². The first-order chi connectivity index (χ1) is 20.0. The van der Waals surface area contributed by atoms with E-state index in [1.54, 1.807) is 15.9 Å². The van der Waals surface area contributed by atoms with Gasteiger partial charge in [0.1, 0.15) is 17.6 Å². The molecule has 230 valence electrons. The van der Waals surface area contributed by atoms with Crippen LogP contribution < -0.4 is 0 Å². The fraction of sp³-hybridized carbons (Fsp3) is 0.618. The molecule has 0 aliphatic carbocycles. The molecule has 1 N–H and O–H groups in total. The summed E-state index contributed by atoms with van der Waals surface area (Å²) in [6.45, 7) is 16.2. The van der Waals surface area contributed by atoms with E-state index in [-0.39, 0.29) is 43.4 Å². The number of nitrogens with zero attached hydrogens (tertiary/aromatic N) is 2. The first kappa shape index (κ1) is 32.0. The molecular formula is C34H48N2O6. The molecule has 8 heteroatoms.